The number of amides is 1. The van der Waals surface area contributed by atoms with Crippen LogP contribution in [0.2, 0.25) is 10.0 Å². The number of likely N-dealkylation sites (N-methyl/N-ethyl adjacent to an activating group) is 1. The molecule has 3 nitrogen and oxygen atoms in total. The molecule has 1 N–H and O–H groups in total. The third-order valence-corrected chi connectivity index (χ3v) is 4.17. The van der Waals surface area contributed by atoms with Crippen LogP contribution in [-0.2, 0) is 11.3 Å². The molecule has 2 aromatic carbocycles. The van der Waals surface area contributed by atoms with Gasteiger partial charge in [-0.05, 0) is 49.7 Å². The summed E-state index contributed by atoms with van der Waals surface area (Å²) >= 11 is 12.4. The van der Waals surface area contributed by atoms with Crippen molar-refractivity contribution in [2.24, 2.45) is 0 Å². The van der Waals surface area contributed by atoms with Crippen LogP contribution in [0.25, 0.3) is 0 Å². The maximum absolute atomic E-state index is 12.2. The van der Waals surface area contributed by atoms with Crippen molar-refractivity contribution in [2.75, 3.05) is 18.9 Å². The number of aryl methyl sites for hydroxylation is 2. The molecule has 0 radical (unpaired) electrons. The molecule has 1 amide bonds. The number of halogens is 2. The van der Waals surface area contributed by atoms with Crippen molar-refractivity contribution in [2.45, 2.75) is 20.4 Å². The van der Waals surface area contributed by atoms with E-state index in [1.807, 2.05) is 62.2 Å². The summed E-state index contributed by atoms with van der Waals surface area (Å²) in [4.78, 5) is 14.2. The van der Waals surface area contributed by atoms with Crippen LogP contribution in [0.3, 0.4) is 0 Å². The van der Waals surface area contributed by atoms with E-state index in [0.29, 0.717) is 22.3 Å². The highest BCUT2D eigenvalue weighted by Gasteiger charge is 2.12. The van der Waals surface area contributed by atoms with Gasteiger partial charge in [-0.1, -0.05) is 47.5 Å². The molecule has 5 heteroatoms. The maximum atomic E-state index is 12.2. The summed E-state index contributed by atoms with van der Waals surface area (Å²) in [5.41, 5.74) is 3.70. The molecule has 0 saturated carbocycles. The van der Waals surface area contributed by atoms with E-state index in [4.69, 9.17) is 23.2 Å². The topological polar surface area (TPSA) is 32.3 Å². The molecular formula is C18H20Cl2N2O. The Morgan fingerprint density at radius 1 is 1.13 bits per heavy atom. The molecule has 0 bridgehead atoms. The van der Waals surface area contributed by atoms with Gasteiger partial charge < -0.3 is 5.32 Å². The Hall–Kier alpha value is -1.55. The average molecular weight is 351 g/mol. The highest BCUT2D eigenvalue weighted by molar-refractivity contribution is 6.34. The number of hydrogen-bond donors (Lipinski definition) is 1. The van der Waals surface area contributed by atoms with E-state index in [1.54, 1.807) is 0 Å². The van der Waals surface area contributed by atoms with Crippen molar-refractivity contribution in [1.82, 2.24) is 4.90 Å². The van der Waals surface area contributed by atoms with Gasteiger partial charge in [0.25, 0.3) is 0 Å². The molecule has 0 aliphatic heterocycles. The van der Waals surface area contributed by atoms with Crippen LogP contribution >= 0.6 is 23.2 Å². The number of carbonyl (C=O) groups excluding carboxylic acids is 1. The van der Waals surface area contributed by atoms with Crippen LogP contribution in [0, 0.1) is 13.8 Å². The van der Waals surface area contributed by atoms with Gasteiger partial charge in [0.2, 0.25) is 5.91 Å². The first kappa shape index (κ1) is 17.8. The summed E-state index contributed by atoms with van der Waals surface area (Å²) in [6, 6.07) is 11.5. The molecule has 0 aromatic heterocycles. The van der Waals surface area contributed by atoms with Gasteiger partial charge in [0.1, 0.15) is 0 Å². The lowest BCUT2D eigenvalue weighted by atomic mass is 10.1. The standard InChI is InChI=1S/C18H20Cl2N2O/c1-12-8-13(2)18(16(20)9-12)21-17(23)11-22(3)10-14-6-4-5-7-15(14)19/h4-9H,10-11H2,1-3H3,(H,21,23). The fourth-order valence-corrected chi connectivity index (χ4v) is 3.04. The normalized spacial score (nSPS) is 10.9. The van der Waals surface area contributed by atoms with Gasteiger partial charge in [-0.25, -0.2) is 0 Å². The first-order valence-corrected chi connectivity index (χ1v) is 8.11. The van der Waals surface area contributed by atoms with Crippen LogP contribution in [-0.4, -0.2) is 24.4 Å². The van der Waals surface area contributed by atoms with Gasteiger partial charge in [-0.2, -0.15) is 0 Å². The Bertz CT molecular complexity index is 693. The number of nitrogens with one attached hydrogen (secondary N) is 1. The number of carbonyl (C=O) groups is 1. The van der Waals surface area contributed by atoms with Crippen LogP contribution in [0.5, 0.6) is 0 Å². The molecular weight excluding hydrogens is 331 g/mol. The molecule has 0 unspecified atom stereocenters. The predicted molar refractivity (Wildman–Crippen MR) is 97.3 cm³/mol. The van der Waals surface area contributed by atoms with Crippen molar-refractivity contribution >= 4 is 34.8 Å². The van der Waals surface area contributed by atoms with Crippen LogP contribution < -0.4 is 5.32 Å². The number of rotatable bonds is 5. The molecule has 0 spiro atoms. The van der Waals surface area contributed by atoms with Gasteiger partial charge in [0.15, 0.2) is 0 Å². The highest BCUT2D eigenvalue weighted by Crippen LogP contribution is 2.27. The fraction of sp³-hybridized carbons (Fsp3) is 0.278. The number of anilines is 1. The summed E-state index contributed by atoms with van der Waals surface area (Å²) in [6.07, 6.45) is 0. The van der Waals surface area contributed by atoms with Crippen molar-refractivity contribution in [1.29, 1.82) is 0 Å². The Kier molecular flexibility index (Phi) is 6.05. The first-order valence-electron chi connectivity index (χ1n) is 7.35. The van der Waals surface area contributed by atoms with Crippen LogP contribution in [0.1, 0.15) is 16.7 Å². The molecule has 0 fully saturated rings. The third-order valence-electron chi connectivity index (χ3n) is 3.51. The molecule has 0 saturated heterocycles. The summed E-state index contributed by atoms with van der Waals surface area (Å²) in [6.45, 7) is 4.77. The quantitative estimate of drug-likeness (QED) is 0.848. The van der Waals surface area contributed by atoms with E-state index in [0.717, 1.165) is 16.7 Å². The van der Waals surface area contributed by atoms with Gasteiger partial charge in [0.05, 0.1) is 17.3 Å². The Labute approximate surface area is 147 Å². The van der Waals surface area contributed by atoms with Gasteiger partial charge >= 0.3 is 0 Å². The lowest BCUT2D eigenvalue weighted by Gasteiger charge is -2.18. The van der Waals surface area contributed by atoms with E-state index in [-0.39, 0.29) is 12.5 Å². The summed E-state index contributed by atoms with van der Waals surface area (Å²) in [5.74, 6) is -0.103. The fourth-order valence-electron chi connectivity index (χ4n) is 2.47. The molecule has 122 valence electrons. The molecule has 0 heterocycles. The van der Waals surface area contributed by atoms with Crippen LogP contribution in [0.4, 0.5) is 5.69 Å². The number of hydrogen-bond acceptors (Lipinski definition) is 2. The Morgan fingerprint density at radius 3 is 2.48 bits per heavy atom. The summed E-state index contributed by atoms with van der Waals surface area (Å²) < 4.78 is 0. The summed E-state index contributed by atoms with van der Waals surface area (Å²) in [7, 11) is 1.88. The van der Waals surface area contributed by atoms with Crippen LogP contribution in [0.15, 0.2) is 36.4 Å². The molecule has 0 aliphatic rings. The molecule has 0 aliphatic carbocycles. The second kappa shape index (κ2) is 7.82. The van der Waals surface area contributed by atoms with Crippen molar-refractivity contribution in [3.8, 4) is 0 Å². The van der Waals surface area contributed by atoms with Crippen molar-refractivity contribution in [3.63, 3.8) is 0 Å². The molecule has 2 rings (SSSR count). The molecule has 23 heavy (non-hydrogen) atoms. The zero-order valence-corrected chi connectivity index (χ0v) is 15.0. The monoisotopic (exact) mass is 350 g/mol. The SMILES string of the molecule is Cc1cc(C)c(NC(=O)CN(C)Cc2ccccc2Cl)c(Cl)c1. The molecule has 2 aromatic rings. The zero-order chi connectivity index (χ0) is 17.0. The second-order valence-corrected chi connectivity index (χ2v) is 6.56. The van der Waals surface area contributed by atoms with Crippen molar-refractivity contribution < 1.29 is 4.79 Å². The largest absolute Gasteiger partial charge is 0.323 e. The smallest absolute Gasteiger partial charge is 0.238 e. The number of nitrogens with zero attached hydrogens (tertiary/aromatic N) is 1. The Morgan fingerprint density at radius 2 is 1.83 bits per heavy atom. The van der Waals surface area contributed by atoms with Gasteiger partial charge in [-0.15, -0.1) is 0 Å². The van der Waals surface area contributed by atoms with E-state index >= 15 is 0 Å². The maximum Gasteiger partial charge on any atom is 0.238 e. The number of benzene rings is 2. The van der Waals surface area contributed by atoms with E-state index < -0.39 is 0 Å². The minimum atomic E-state index is -0.103. The van der Waals surface area contributed by atoms with Gasteiger partial charge in [0, 0.05) is 11.6 Å². The minimum absolute atomic E-state index is 0.103. The lowest BCUT2D eigenvalue weighted by Crippen LogP contribution is -2.30. The summed E-state index contributed by atoms with van der Waals surface area (Å²) in [5, 5.41) is 4.16. The lowest BCUT2D eigenvalue weighted by molar-refractivity contribution is -0.117. The predicted octanol–water partition coefficient (Wildman–Crippen LogP) is 4.68. The van der Waals surface area contributed by atoms with E-state index in [9.17, 15) is 4.79 Å². The van der Waals surface area contributed by atoms with Crippen molar-refractivity contribution in [3.05, 3.63) is 63.1 Å². The van der Waals surface area contributed by atoms with Gasteiger partial charge in [-0.3, -0.25) is 9.69 Å². The average Bonchev–Trinajstić information content (AvgIpc) is 2.45. The van der Waals surface area contributed by atoms with E-state index in [1.165, 1.54) is 0 Å². The highest BCUT2D eigenvalue weighted by atomic mass is 35.5. The first-order chi connectivity index (χ1) is 10.9. The zero-order valence-electron chi connectivity index (χ0n) is 13.5. The minimum Gasteiger partial charge on any atom is -0.323 e. The third kappa shape index (κ3) is 4.96. The second-order valence-electron chi connectivity index (χ2n) is 5.75. The van der Waals surface area contributed by atoms with E-state index in [2.05, 4.69) is 5.32 Å². The molecule has 0 atom stereocenters. The Balaban J connectivity index is 1.98.